The molecule has 0 bridgehead atoms. The van der Waals surface area contributed by atoms with E-state index in [9.17, 15) is 5.11 Å². The molecule has 2 aromatic rings. The fraction of sp³-hybridized carbons (Fsp3) is 0.600. The Kier molecular flexibility index (Phi) is 3.82. The van der Waals surface area contributed by atoms with Gasteiger partial charge in [-0.15, -0.1) is 5.10 Å². The molecular weight excluding hydrogens is 280 g/mol. The average Bonchev–Trinajstić information content (AvgIpc) is 2.98. The predicted molar refractivity (Wildman–Crippen MR) is 82.5 cm³/mol. The number of hydrogen-bond acceptors (Lipinski definition) is 6. The van der Waals surface area contributed by atoms with Gasteiger partial charge in [-0.1, -0.05) is 5.21 Å². The highest BCUT2D eigenvalue weighted by atomic mass is 16.3. The molecule has 0 amide bonds. The van der Waals surface area contributed by atoms with Gasteiger partial charge >= 0.3 is 0 Å². The van der Waals surface area contributed by atoms with Crippen molar-refractivity contribution in [3.63, 3.8) is 0 Å². The molecule has 1 N–H and O–H groups in total. The molecule has 0 aromatic carbocycles. The Morgan fingerprint density at radius 2 is 2.18 bits per heavy atom. The maximum absolute atomic E-state index is 11.0. The summed E-state index contributed by atoms with van der Waals surface area (Å²) >= 11 is 0. The molecule has 118 valence electrons. The van der Waals surface area contributed by atoms with E-state index in [1.807, 2.05) is 37.9 Å². The summed E-state index contributed by atoms with van der Waals surface area (Å²) in [6.07, 6.45) is 5.13. The molecule has 3 heterocycles. The molecule has 1 unspecified atom stereocenters. The lowest BCUT2D eigenvalue weighted by molar-refractivity contribution is 0.0172. The summed E-state index contributed by atoms with van der Waals surface area (Å²) in [5, 5.41) is 19.3. The van der Waals surface area contributed by atoms with Gasteiger partial charge in [0.15, 0.2) is 0 Å². The first-order valence-electron chi connectivity index (χ1n) is 7.67. The zero-order valence-electron chi connectivity index (χ0n) is 13.3. The molecule has 2 aromatic heterocycles. The highest BCUT2D eigenvalue weighted by molar-refractivity contribution is 5.33. The number of piperidine rings is 1. The van der Waals surface area contributed by atoms with Gasteiger partial charge in [0, 0.05) is 24.5 Å². The van der Waals surface area contributed by atoms with Crippen molar-refractivity contribution in [2.45, 2.75) is 45.3 Å². The van der Waals surface area contributed by atoms with Crippen molar-refractivity contribution in [3.05, 3.63) is 29.8 Å². The van der Waals surface area contributed by atoms with E-state index in [4.69, 9.17) is 0 Å². The number of β-amino-alcohol motifs (C(OH)–C–C–N with tert-alkyl or cyclic N) is 1. The van der Waals surface area contributed by atoms with Gasteiger partial charge in [0.05, 0.1) is 12.7 Å². The molecule has 1 aliphatic rings. The highest BCUT2D eigenvalue weighted by Gasteiger charge is 2.38. The first-order valence-corrected chi connectivity index (χ1v) is 7.67. The minimum Gasteiger partial charge on any atom is -0.382 e. The van der Waals surface area contributed by atoms with Crippen molar-refractivity contribution >= 4 is 5.95 Å². The molecule has 0 saturated carbocycles. The van der Waals surface area contributed by atoms with E-state index >= 15 is 0 Å². The van der Waals surface area contributed by atoms with Crippen molar-refractivity contribution in [1.82, 2.24) is 25.0 Å². The van der Waals surface area contributed by atoms with Gasteiger partial charge in [-0.2, -0.15) is 0 Å². The van der Waals surface area contributed by atoms with E-state index in [-0.39, 0.29) is 6.04 Å². The van der Waals surface area contributed by atoms with Crippen LogP contribution in [0, 0.1) is 6.92 Å². The predicted octanol–water partition coefficient (Wildman–Crippen LogP) is 1.45. The Hall–Kier alpha value is -2.02. The SMILES string of the molecule is Cc1ccnc(N2CCCC(O)(c3cn(C(C)C)nn3)C2)n1. The molecule has 7 heteroatoms. The Bertz CT molecular complexity index is 655. The van der Waals surface area contributed by atoms with E-state index in [1.165, 1.54) is 0 Å². The van der Waals surface area contributed by atoms with Crippen LogP contribution in [0.3, 0.4) is 0 Å². The highest BCUT2D eigenvalue weighted by Crippen LogP contribution is 2.31. The maximum atomic E-state index is 11.0. The fourth-order valence-corrected chi connectivity index (χ4v) is 2.75. The van der Waals surface area contributed by atoms with Gasteiger partial charge in [0.25, 0.3) is 0 Å². The van der Waals surface area contributed by atoms with Crippen molar-refractivity contribution in [2.24, 2.45) is 0 Å². The van der Waals surface area contributed by atoms with Crippen LogP contribution in [0.4, 0.5) is 5.95 Å². The van der Waals surface area contributed by atoms with E-state index in [2.05, 4.69) is 20.3 Å². The van der Waals surface area contributed by atoms with E-state index < -0.39 is 5.60 Å². The molecular formula is C15H22N6O. The Morgan fingerprint density at radius 1 is 1.36 bits per heavy atom. The first kappa shape index (κ1) is 14.9. The molecule has 0 spiro atoms. The quantitative estimate of drug-likeness (QED) is 0.924. The van der Waals surface area contributed by atoms with Crippen molar-refractivity contribution in [1.29, 1.82) is 0 Å². The van der Waals surface area contributed by atoms with Gasteiger partial charge < -0.3 is 10.0 Å². The van der Waals surface area contributed by atoms with Crippen LogP contribution in [0.15, 0.2) is 18.5 Å². The Balaban J connectivity index is 1.84. The lowest BCUT2D eigenvalue weighted by Crippen LogP contribution is -2.47. The van der Waals surface area contributed by atoms with Crippen molar-refractivity contribution in [3.8, 4) is 0 Å². The normalized spacial score (nSPS) is 22.3. The van der Waals surface area contributed by atoms with Crippen LogP contribution in [-0.2, 0) is 5.60 Å². The number of aliphatic hydroxyl groups is 1. The minimum absolute atomic E-state index is 0.227. The van der Waals surface area contributed by atoms with Crippen LogP contribution in [0.25, 0.3) is 0 Å². The third-order valence-electron chi connectivity index (χ3n) is 4.05. The number of anilines is 1. The summed E-state index contributed by atoms with van der Waals surface area (Å²) in [7, 11) is 0. The average molecular weight is 302 g/mol. The number of rotatable bonds is 3. The monoisotopic (exact) mass is 302 g/mol. The summed E-state index contributed by atoms with van der Waals surface area (Å²) in [6.45, 7) is 7.29. The van der Waals surface area contributed by atoms with Gasteiger partial charge in [-0.05, 0) is 39.7 Å². The maximum Gasteiger partial charge on any atom is 0.225 e. The molecule has 1 saturated heterocycles. The van der Waals surface area contributed by atoms with E-state index in [1.54, 1.807) is 10.9 Å². The molecule has 0 aliphatic carbocycles. The van der Waals surface area contributed by atoms with Crippen LogP contribution in [0.1, 0.15) is 44.1 Å². The molecule has 1 fully saturated rings. The zero-order chi connectivity index (χ0) is 15.7. The molecule has 7 nitrogen and oxygen atoms in total. The second-order valence-electron chi connectivity index (χ2n) is 6.23. The third kappa shape index (κ3) is 2.81. The van der Waals surface area contributed by atoms with E-state index in [0.29, 0.717) is 24.6 Å². The second-order valence-corrected chi connectivity index (χ2v) is 6.23. The summed E-state index contributed by atoms with van der Waals surface area (Å²) < 4.78 is 1.77. The summed E-state index contributed by atoms with van der Waals surface area (Å²) in [6, 6.07) is 2.10. The first-order chi connectivity index (χ1) is 10.5. The Morgan fingerprint density at radius 3 is 2.86 bits per heavy atom. The van der Waals surface area contributed by atoms with Crippen LogP contribution >= 0.6 is 0 Å². The summed E-state index contributed by atoms with van der Waals surface area (Å²) in [5.74, 6) is 0.661. The second kappa shape index (κ2) is 5.64. The molecule has 22 heavy (non-hydrogen) atoms. The lowest BCUT2D eigenvalue weighted by atomic mass is 9.90. The summed E-state index contributed by atoms with van der Waals surface area (Å²) in [4.78, 5) is 10.8. The van der Waals surface area contributed by atoms with Gasteiger partial charge in [0.1, 0.15) is 11.3 Å². The lowest BCUT2D eigenvalue weighted by Gasteiger charge is -2.37. The van der Waals surface area contributed by atoms with Crippen LogP contribution in [-0.4, -0.2) is 43.2 Å². The van der Waals surface area contributed by atoms with E-state index in [0.717, 1.165) is 18.7 Å². The number of nitrogens with zero attached hydrogens (tertiary/aromatic N) is 6. The standard InChI is InChI=1S/C15H22N6O/c1-11(2)21-9-13(18-19-21)15(22)6-4-8-20(10-15)14-16-7-5-12(3)17-14/h5,7,9,11,22H,4,6,8,10H2,1-3H3. The van der Waals surface area contributed by atoms with Gasteiger partial charge in [-0.3, -0.25) is 0 Å². The largest absolute Gasteiger partial charge is 0.382 e. The van der Waals surface area contributed by atoms with Crippen LogP contribution in [0.2, 0.25) is 0 Å². The van der Waals surface area contributed by atoms with Crippen LogP contribution < -0.4 is 4.90 Å². The minimum atomic E-state index is -1.00. The molecule has 3 rings (SSSR count). The topological polar surface area (TPSA) is 80.0 Å². The van der Waals surface area contributed by atoms with Crippen molar-refractivity contribution in [2.75, 3.05) is 18.0 Å². The Labute approximate surface area is 130 Å². The number of hydrogen-bond donors (Lipinski definition) is 1. The van der Waals surface area contributed by atoms with Crippen LogP contribution in [0.5, 0.6) is 0 Å². The van der Waals surface area contributed by atoms with Gasteiger partial charge in [0.2, 0.25) is 5.95 Å². The molecule has 0 radical (unpaired) electrons. The molecule has 1 atom stereocenters. The smallest absolute Gasteiger partial charge is 0.225 e. The third-order valence-corrected chi connectivity index (χ3v) is 4.05. The molecule has 1 aliphatic heterocycles. The fourth-order valence-electron chi connectivity index (χ4n) is 2.75. The number of aromatic nitrogens is 5. The van der Waals surface area contributed by atoms with Crippen molar-refractivity contribution < 1.29 is 5.11 Å². The van der Waals surface area contributed by atoms with Gasteiger partial charge in [-0.25, -0.2) is 14.6 Å². The zero-order valence-corrected chi connectivity index (χ0v) is 13.3. The summed E-state index contributed by atoms with van der Waals surface area (Å²) in [5.41, 5.74) is 0.543. The number of aryl methyl sites for hydroxylation is 1.